The molecule has 4 nitrogen and oxygen atoms in total. The van der Waals surface area contributed by atoms with Gasteiger partial charge in [0.15, 0.2) is 0 Å². The SMILES string of the molecule is CCCS(=O)(=O)NC(=O)c1cccc(C(F)(F)F)c1. The number of rotatable bonds is 4. The van der Waals surface area contributed by atoms with Gasteiger partial charge in [0, 0.05) is 5.56 Å². The predicted octanol–water partition coefficient (Wildman–Crippen LogP) is 2.17. The minimum absolute atomic E-state index is 0.266. The molecule has 0 aromatic heterocycles. The van der Waals surface area contributed by atoms with E-state index < -0.39 is 27.7 Å². The summed E-state index contributed by atoms with van der Waals surface area (Å²) in [5.74, 6) is -1.34. The van der Waals surface area contributed by atoms with Gasteiger partial charge < -0.3 is 0 Å². The van der Waals surface area contributed by atoms with E-state index >= 15 is 0 Å². The molecule has 0 saturated heterocycles. The Morgan fingerprint density at radius 3 is 2.47 bits per heavy atom. The molecule has 1 aromatic carbocycles. The Balaban J connectivity index is 2.96. The van der Waals surface area contributed by atoms with Crippen LogP contribution >= 0.6 is 0 Å². The van der Waals surface area contributed by atoms with Crippen molar-refractivity contribution in [2.24, 2.45) is 0 Å². The largest absolute Gasteiger partial charge is 0.416 e. The summed E-state index contributed by atoms with van der Waals surface area (Å²) < 4.78 is 61.7. The number of carbonyl (C=O) groups is 1. The van der Waals surface area contributed by atoms with Gasteiger partial charge in [-0.15, -0.1) is 0 Å². The average Bonchev–Trinajstić information content (AvgIpc) is 2.27. The lowest BCUT2D eigenvalue weighted by atomic mass is 10.1. The molecule has 0 bridgehead atoms. The highest BCUT2D eigenvalue weighted by Crippen LogP contribution is 2.29. The Morgan fingerprint density at radius 2 is 1.95 bits per heavy atom. The topological polar surface area (TPSA) is 63.2 Å². The van der Waals surface area contributed by atoms with Gasteiger partial charge in [0.25, 0.3) is 5.91 Å². The minimum Gasteiger partial charge on any atom is -0.268 e. The van der Waals surface area contributed by atoms with Gasteiger partial charge in [0.05, 0.1) is 11.3 Å². The summed E-state index contributed by atoms with van der Waals surface area (Å²) in [6.07, 6.45) is -4.29. The van der Waals surface area contributed by atoms with Crippen LogP contribution in [0.2, 0.25) is 0 Å². The summed E-state index contributed by atoms with van der Waals surface area (Å²) >= 11 is 0. The van der Waals surface area contributed by atoms with Gasteiger partial charge in [0.2, 0.25) is 10.0 Å². The van der Waals surface area contributed by atoms with Crippen molar-refractivity contribution in [3.63, 3.8) is 0 Å². The maximum Gasteiger partial charge on any atom is 0.416 e. The summed E-state index contributed by atoms with van der Waals surface area (Å²) in [5.41, 5.74) is -1.36. The first-order valence-electron chi connectivity index (χ1n) is 5.38. The van der Waals surface area contributed by atoms with Crippen LogP contribution in [0.25, 0.3) is 0 Å². The number of hydrogen-bond donors (Lipinski definition) is 1. The maximum absolute atomic E-state index is 12.4. The smallest absolute Gasteiger partial charge is 0.268 e. The zero-order valence-electron chi connectivity index (χ0n) is 9.99. The van der Waals surface area contributed by atoms with Crippen molar-refractivity contribution >= 4 is 15.9 Å². The summed E-state index contributed by atoms with van der Waals surface area (Å²) in [6.45, 7) is 1.61. The monoisotopic (exact) mass is 295 g/mol. The second kappa shape index (κ2) is 5.60. The molecule has 1 rings (SSSR count). The fraction of sp³-hybridized carbons (Fsp3) is 0.364. The van der Waals surface area contributed by atoms with E-state index in [2.05, 4.69) is 0 Å². The third-order valence-electron chi connectivity index (χ3n) is 2.17. The molecule has 0 unspecified atom stereocenters. The average molecular weight is 295 g/mol. The van der Waals surface area contributed by atoms with Gasteiger partial charge in [-0.1, -0.05) is 13.0 Å². The van der Waals surface area contributed by atoms with Crippen LogP contribution in [-0.4, -0.2) is 20.1 Å². The molecule has 1 amide bonds. The Bertz CT molecular complexity index is 567. The highest BCUT2D eigenvalue weighted by Gasteiger charge is 2.31. The fourth-order valence-electron chi connectivity index (χ4n) is 1.36. The molecule has 0 heterocycles. The summed E-state index contributed by atoms with van der Waals surface area (Å²) in [7, 11) is -3.81. The van der Waals surface area contributed by atoms with E-state index in [1.165, 1.54) is 0 Å². The Morgan fingerprint density at radius 1 is 1.32 bits per heavy atom. The van der Waals surface area contributed by atoms with E-state index in [1.807, 2.05) is 0 Å². The van der Waals surface area contributed by atoms with Crippen LogP contribution in [0.3, 0.4) is 0 Å². The molecule has 8 heteroatoms. The van der Waals surface area contributed by atoms with E-state index in [-0.39, 0.29) is 11.3 Å². The molecular formula is C11H12F3NO3S. The number of hydrogen-bond acceptors (Lipinski definition) is 3. The van der Waals surface area contributed by atoms with Crippen LogP contribution in [0.1, 0.15) is 29.3 Å². The van der Waals surface area contributed by atoms with Crippen molar-refractivity contribution in [3.8, 4) is 0 Å². The second-order valence-corrected chi connectivity index (χ2v) is 5.67. The van der Waals surface area contributed by atoms with Crippen LogP contribution < -0.4 is 4.72 Å². The van der Waals surface area contributed by atoms with Gasteiger partial charge in [-0.25, -0.2) is 13.1 Å². The van der Waals surface area contributed by atoms with Gasteiger partial charge in [-0.2, -0.15) is 13.2 Å². The molecule has 0 radical (unpaired) electrons. The van der Waals surface area contributed by atoms with Crippen molar-refractivity contribution in [1.82, 2.24) is 4.72 Å². The Labute approximate surface area is 108 Å². The normalized spacial score (nSPS) is 12.2. The predicted molar refractivity (Wildman–Crippen MR) is 63.0 cm³/mol. The van der Waals surface area contributed by atoms with Crippen LogP contribution in [0.5, 0.6) is 0 Å². The van der Waals surface area contributed by atoms with Crippen molar-refractivity contribution in [2.45, 2.75) is 19.5 Å². The lowest BCUT2D eigenvalue weighted by molar-refractivity contribution is -0.137. The molecule has 0 aliphatic heterocycles. The fourth-order valence-corrected chi connectivity index (χ4v) is 2.40. The van der Waals surface area contributed by atoms with Gasteiger partial charge >= 0.3 is 6.18 Å². The summed E-state index contributed by atoms with van der Waals surface area (Å²) in [5, 5.41) is 0. The van der Waals surface area contributed by atoms with E-state index in [1.54, 1.807) is 11.6 Å². The van der Waals surface area contributed by atoms with E-state index in [4.69, 9.17) is 0 Å². The molecule has 1 aromatic rings. The van der Waals surface area contributed by atoms with Gasteiger partial charge in [-0.3, -0.25) is 4.79 Å². The third-order valence-corrected chi connectivity index (χ3v) is 3.62. The zero-order valence-corrected chi connectivity index (χ0v) is 10.8. The Kier molecular flexibility index (Phi) is 4.56. The van der Waals surface area contributed by atoms with Crippen molar-refractivity contribution in [2.75, 3.05) is 5.75 Å². The van der Waals surface area contributed by atoms with E-state index in [9.17, 15) is 26.4 Å². The second-order valence-electron chi connectivity index (χ2n) is 3.83. The number of amides is 1. The third kappa shape index (κ3) is 4.55. The highest BCUT2D eigenvalue weighted by molar-refractivity contribution is 7.90. The number of carbonyl (C=O) groups excluding carboxylic acids is 1. The molecule has 0 fully saturated rings. The number of sulfonamides is 1. The number of halogens is 3. The molecule has 0 spiro atoms. The molecule has 0 aliphatic carbocycles. The number of alkyl halides is 3. The molecular weight excluding hydrogens is 283 g/mol. The van der Waals surface area contributed by atoms with E-state index in [0.29, 0.717) is 12.5 Å². The van der Waals surface area contributed by atoms with Crippen molar-refractivity contribution in [3.05, 3.63) is 35.4 Å². The molecule has 0 aliphatic rings. The van der Waals surface area contributed by atoms with Crippen LogP contribution in [0.4, 0.5) is 13.2 Å². The van der Waals surface area contributed by atoms with Crippen LogP contribution in [0, 0.1) is 0 Å². The molecule has 0 saturated carbocycles. The van der Waals surface area contributed by atoms with Crippen molar-refractivity contribution < 1.29 is 26.4 Å². The van der Waals surface area contributed by atoms with Crippen molar-refractivity contribution in [1.29, 1.82) is 0 Å². The molecule has 19 heavy (non-hydrogen) atoms. The number of benzene rings is 1. The highest BCUT2D eigenvalue weighted by atomic mass is 32.2. The lowest BCUT2D eigenvalue weighted by Crippen LogP contribution is -2.32. The number of nitrogens with one attached hydrogen (secondary N) is 1. The molecule has 1 N–H and O–H groups in total. The first-order chi connectivity index (χ1) is 8.65. The first kappa shape index (κ1) is 15.5. The molecule has 0 atom stereocenters. The Hall–Kier alpha value is -1.57. The zero-order chi connectivity index (χ0) is 14.7. The minimum atomic E-state index is -4.58. The standard InChI is InChI=1S/C11H12F3NO3S/c1-2-6-19(17,18)15-10(16)8-4-3-5-9(7-8)11(12,13)14/h3-5,7H,2,6H2,1H3,(H,15,16). The van der Waals surface area contributed by atoms with Gasteiger partial charge in [-0.05, 0) is 24.6 Å². The summed E-state index contributed by atoms with van der Waals surface area (Å²) in [4.78, 5) is 11.6. The van der Waals surface area contributed by atoms with E-state index in [0.717, 1.165) is 18.2 Å². The quantitative estimate of drug-likeness (QED) is 0.926. The summed E-state index contributed by atoms with van der Waals surface area (Å²) in [6, 6.07) is 3.57. The molecule has 106 valence electrons. The first-order valence-corrected chi connectivity index (χ1v) is 7.03. The lowest BCUT2D eigenvalue weighted by Gasteiger charge is -2.09. The maximum atomic E-state index is 12.4. The van der Waals surface area contributed by atoms with Gasteiger partial charge in [0.1, 0.15) is 0 Å². The van der Waals surface area contributed by atoms with Crippen LogP contribution in [-0.2, 0) is 16.2 Å². The van der Waals surface area contributed by atoms with Crippen LogP contribution in [0.15, 0.2) is 24.3 Å².